The zero-order chi connectivity index (χ0) is 12.3. The average Bonchev–Trinajstić information content (AvgIpc) is 2.22. The van der Waals surface area contributed by atoms with E-state index in [9.17, 15) is 5.11 Å². The standard InChI is InChI=1S/C14H22O2/c1-10-6-12(8-14(3,4)9-15)13(16-5)7-11(10)2/h6-7,15H,8-9H2,1-5H3. The molecule has 0 amide bonds. The molecule has 0 saturated carbocycles. The van der Waals surface area contributed by atoms with E-state index in [0.29, 0.717) is 0 Å². The molecule has 2 nitrogen and oxygen atoms in total. The van der Waals surface area contributed by atoms with Gasteiger partial charge in [-0.1, -0.05) is 19.9 Å². The van der Waals surface area contributed by atoms with Crippen molar-refractivity contribution in [2.45, 2.75) is 34.1 Å². The monoisotopic (exact) mass is 222 g/mol. The van der Waals surface area contributed by atoms with Gasteiger partial charge in [0, 0.05) is 6.61 Å². The maximum Gasteiger partial charge on any atom is 0.122 e. The van der Waals surface area contributed by atoms with Gasteiger partial charge >= 0.3 is 0 Å². The molecule has 0 aliphatic carbocycles. The van der Waals surface area contributed by atoms with Crippen molar-refractivity contribution in [2.75, 3.05) is 13.7 Å². The number of aliphatic hydroxyl groups excluding tert-OH is 1. The molecule has 1 N–H and O–H groups in total. The maximum atomic E-state index is 9.30. The Bertz CT molecular complexity index is 367. The highest BCUT2D eigenvalue weighted by atomic mass is 16.5. The van der Waals surface area contributed by atoms with E-state index in [-0.39, 0.29) is 12.0 Å². The van der Waals surface area contributed by atoms with Gasteiger partial charge < -0.3 is 9.84 Å². The fourth-order valence-electron chi connectivity index (χ4n) is 1.75. The van der Waals surface area contributed by atoms with Crippen LogP contribution >= 0.6 is 0 Å². The molecule has 0 atom stereocenters. The van der Waals surface area contributed by atoms with Crippen LogP contribution in [0.1, 0.15) is 30.5 Å². The summed E-state index contributed by atoms with van der Waals surface area (Å²) in [6.07, 6.45) is 0.827. The molecular formula is C14H22O2. The molecule has 0 heterocycles. The van der Waals surface area contributed by atoms with Crippen molar-refractivity contribution in [1.82, 2.24) is 0 Å². The lowest BCUT2D eigenvalue weighted by molar-refractivity contribution is 0.159. The summed E-state index contributed by atoms with van der Waals surface area (Å²) in [7, 11) is 1.69. The summed E-state index contributed by atoms with van der Waals surface area (Å²) in [5, 5.41) is 9.30. The Morgan fingerprint density at radius 1 is 1.19 bits per heavy atom. The first-order chi connectivity index (χ1) is 7.39. The molecule has 0 bridgehead atoms. The highest BCUT2D eigenvalue weighted by Gasteiger charge is 2.19. The van der Waals surface area contributed by atoms with Crippen LogP contribution in [0.25, 0.3) is 0 Å². The third kappa shape index (κ3) is 2.99. The summed E-state index contributed by atoms with van der Waals surface area (Å²) in [6, 6.07) is 4.23. The van der Waals surface area contributed by atoms with Crippen molar-refractivity contribution in [2.24, 2.45) is 5.41 Å². The highest BCUT2D eigenvalue weighted by molar-refractivity contribution is 5.42. The van der Waals surface area contributed by atoms with Crippen molar-refractivity contribution in [1.29, 1.82) is 0 Å². The van der Waals surface area contributed by atoms with Crippen LogP contribution in [0.5, 0.6) is 5.75 Å². The maximum absolute atomic E-state index is 9.30. The molecule has 2 heteroatoms. The molecule has 0 radical (unpaired) electrons. The summed E-state index contributed by atoms with van der Waals surface area (Å²) in [4.78, 5) is 0. The largest absolute Gasteiger partial charge is 0.496 e. The van der Waals surface area contributed by atoms with E-state index in [2.05, 4.69) is 39.8 Å². The number of methoxy groups -OCH3 is 1. The van der Waals surface area contributed by atoms with Gasteiger partial charge in [0.15, 0.2) is 0 Å². The zero-order valence-electron chi connectivity index (χ0n) is 10.9. The Balaban J connectivity index is 3.08. The minimum absolute atomic E-state index is 0.102. The van der Waals surface area contributed by atoms with Crippen LogP contribution in [0.3, 0.4) is 0 Å². The quantitative estimate of drug-likeness (QED) is 0.848. The predicted octanol–water partition coefficient (Wildman–Crippen LogP) is 2.87. The van der Waals surface area contributed by atoms with E-state index in [0.717, 1.165) is 12.2 Å². The number of benzene rings is 1. The molecule has 0 spiro atoms. The van der Waals surface area contributed by atoms with Crippen LogP contribution in [0, 0.1) is 19.3 Å². The van der Waals surface area contributed by atoms with E-state index in [4.69, 9.17) is 4.74 Å². The average molecular weight is 222 g/mol. The first kappa shape index (κ1) is 13.0. The topological polar surface area (TPSA) is 29.5 Å². The Labute approximate surface area is 98.3 Å². The van der Waals surface area contributed by atoms with E-state index >= 15 is 0 Å². The number of rotatable bonds is 4. The Hall–Kier alpha value is -1.02. The SMILES string of the molecule is COc1cc(C)c(C)cc1CC(C)(C)CO. The number of ether oxygens (including phenoxy) is 1. The van der Waals surface area contributed by atoms with Crippen LogP contribution in [0.2, 0.25) is 0 Å². The molecule has 0 aliphatic heterocycles. The Morgan fingerprint density at radius 2 is 1.75 bits per heavy atom. The molecule has 16 heavy (non-hydrogen) atoms. The third-order valence-corrected chi connectivity index (χ3v) is 2.99. The van der Waals surface area contributed by atoms with Crippen LogP contribution < -0.4 is 4.74 Å². The molecule has 0 saturated heterocycles. The fraction of sp³-hybridized carbons (Fsp3) is 0.571. The van der Waals surface area contributed by atoms with E-state index in [1.807, 2.05) is 0 Å². The second-order valence-electron chi connectivity index (χ2n) is 5.25. The zero-order valence-corrected chi connectivity index (χ0v) is 10.9. The van der Waals surface area contributed by atoms with Gasteiger partial charge in [-0.25, -0.2) is 0 Å². The van der Waals surface area contributed by atoms with Gasteiger partial charge in [-0.05, 0) is 48.4 Å². The molecule has 0 fully saturated rings. The van der Waals surface area contributed by atoms with E-state index in [1.165, 1.54) is 16.7 Å². The predicted molar refractivity (Wildman–Crippen MR) is 67.0 cm³/mol. The second-order valence-corrected chi connectivity index (χ2v) is 5.25. The molecule has 1 aromatic carbocycles. The molecule has 90 valence electrons. The van der Waals surface area contributed by atoms with Crippen LogP contribution in [-0.2, 0) is 6.42 Å². The summed E-state index contributed by atoms with van der Waals surface area (Å²) in [5.74, 6) is 0.921. The molecular weight excluding hydrogens is 200 g/mol. The van der Waals surface area contributed by atoms with Crippen molar-refractivity contribution in [3.8, 4) is 5.75 Å². The summed E-state index contributed by atoms with van der Waals surface area (Å²) < 4.78 is 5.39. The van der Waals surface area contributed by atoms with Gasteiger partial charge in [0.05, 0.1) is 7.11 Å². The van der Waals surface area contributed by atoms with Crippen LogP contribution in [0.15, 0.2) is 12.1 Å². The lowest BCUT2D eigenvalue weighted by Crippen LogP contribution is -2.20. The number of aryl methyl sites for hydroxylation is 2. The summed E-state index contributed by atoms with van der Waals surface area (Å²) >= 11 is 0. The summed E-state index contributed by atoms with van der Waals surface area (Å²) in [6.45, 7) is 8.48. The normalized spacial score (nSPS) is 11.6. The molecule has 1 aromatic rings. The fourth-order valence-corrected chi connectivity index (χ4v) is 1.75. The molecule has 0 aromatic heterocycles. The minimum atomic E-state index is -0.102. The van der Waals surface area contributed by atoms with Gasteiger partial charge in [0.2, 0.25) is 0 Å². The number of aliphatic hydroxyl groups is 1. The first-order valence-corrected chi connectivity index (χ1v) is 5.64. The van der Waals surface area contributed by atoms with Gasteiger partial charge in [-0.15, -0.1) is 0 Å². The highest BCUT2D eigenvalue weighted by Crippen LogP contribution is 2.29. The smallest absolute Gasteiger partial charge is 0.122 e. The van der Waals surface area contributed by atoms with Gasteiger partial charge in [0.1, 0.15) is 5.75 Å². The van der Waals surface area contributed by atoms with Crippen molar-refractivity contribution < 1.29 is 9.84 Å². The van der Waals surface area contributed by atoms with Crippen molar-refractivity contribution in [3.63, 3.8) is 0 Å². The molecule has 1 rings (SSSR count). The van der Waals surface area contributed by atoms with E-state index < -0.39 is 0 Å². The van der Waals surface area contributed by atoms with Crippen molar-refractivity contribution in [3.05, 3.63) is 28.8 Å². The van der Waals surface area contributed by atoms with E-state index in [1.54, 1.807) is 7.11 Å². The Morgan fingerprint density at radius 3 is 2.25 bits per heavy atom. The van der Waals surface area contributed by atoms with Crippen LogP contribution in [0.4, 0.5) is 0 Å². The Kier molecular flexibility index (Phi) is 3.98. The van der Waals surface area contributed by atoms with Gasteiger partial charge in [-0.2, -0.15) is 0 Å². The number of hydrogen-bond acceptors (Lipinski definition) is 2. The van der Waals surface area contributed by atoms with Gasteiger partial charge in [0.25, 0.3) is 0 Å². The number of hydrogen-bond donors (Lipinski definition) is 1. The van der Waals surface area contributed by atoms with Gasteiger partial charge in [-0.3, -0.25) is 0 Å². The molecule has 0 unspecified atom stereocenters. The second kappa shape index (κ2) is 4.88. The lowest BCUT2D eigenvalue weighted by atomic mass is 9.85. The summed E-state index contributed by atoms with van der Waals surface area (Å²) in [5.41, 5.74) is 3.58. The lowest BCUT2D eigenvalue weighted by Gasteiger charge is -2.23. The third-order valence-electron chi connectivity index (χ3n) is 2.99. The van der Waals surface area contributed by atoms with Crippen LogP contribution in [-0.4, -0.2) is 18.8 Å². The first-order valence-electron chi connectivity index (χ1n) is 5.64. The molecule has 0 aliphatic rings. The minimum Gasteiger partial charge on any atom is -0.496 e. The van der Waals surface area contributed by atoms with Crippen molar-refractivity contribution >= 4 is 0 Å².